The lowest BCUT2D eigenvalue weighted by Crippen LogP contribution is -2.36. The quantitative estimate of drug-likeness (QED) is 0.763. The third-order valence-electron chi connectivity index (χ3n) is 2.02. The molecule has 1 heterocycles. The first-order valence-electron chi connectivity index (χ1n) is 4.82. The molecule has 1 aromatic heterocycles. The van der Waals surface area contributed by atoms with Crippen LogP contribution in [0.15, 0.2) is 22.9 Å². The summed E-state index contributed by atoms with van der Waals surface area (Å²) >= 11 is 3.18. The molecule has 0 fully saturated rings. The molecule has 1 rings (SSSR count). The van der Waals surface area contributed by atoms with Gasteiger partial charge in [-0.05, 0) is 28.1 Å². The van der Waals surface area contributed by atoms with Crippen molar-refractivity contribution in [3.8, 4) is 0 Å². The standard InChI is InChI=1S/C10H13BrN2O3/c11-9-8(2-1-3-12-9)10(16)13(4-6-14)5-7-15/h1-3,14-15H,4-7H2. The van der Waals surface area contributed by atoms with E-state index >= 15 is 0 Å². The van der Waals surface area contributed by atoms with Crippen LogP contribution in [0.3, 0.4) is 0 Å². The third kappa shape index (κ3) is 3.26. The Balaban J connectivity index is 2.85. The highest BCUT2D eigenvalue weighted by Crippen LogP contribution is 2.14. The van der Waals surface area contributed by atoms with Crippen molar-refractivity contribution in [2.45, 2.75) is 0 Å². The summed E-state index contributed by atoms with van der Waals surface area (Å²) in [5, 5.41) is 17.7. The fourth-order valence-corrected chi connectivity index (χ4v) is 1.69. The van der Waals surface area contributed by atoms with Crippen LogP contribution in [-0.2, 0) is 0 Å². The van der Waals surface area contributed by atoms with Crippen molar-refractivity contribution in [2.75, 3.05) is 26.3 Å². The van der Waals surface area contributed by atoms with Gasteiger partial charge in [0, 0.05) is 19.3 Å². The van der Waals surface area contributed by atoms with Crippen LogP contribution in [0.4, 0.5) is 0 Å². The van der Waals surface area contributed by atoms with Crippen LogP contribution >= 0.6 is 15.9 Å². The van der Waals surface area contributed by atoms with Crippen molar-refractivity contribution in [1.82, 2.24) is 9.88 Å². The molecule has 0 unspecified atom stereocenters. The molecule has 16 heavy (non-hydrogen) atoms. The Kier molecular flexibility index (Phi) is 5.37. The van der Waals surface area contributed by atoms with Gasteiger partial charge in [0.15, 0.2) is 0 Å². The highest BCUT2D eigenvalue weighted by molar-refractivity contribution is 9.10. The summed E-state index contributed by atoms with van der Waals surface area (Å²) in [6.07, 6.45) is 1.57. The molecule has 0 aliphatic heterocycles. The molecule has 0 aromatic carbocycles. The first kappa shape index (κ1) is 13.1. The average Bonchev–Trinajstić information content (AvgIpc) is 2.28. The number of rotatable bonds is 5. The van der Waals surface area contributed by atoms with Crippen molar-refractivity contribution in [1.29, 1.82) is 0 Å². The minimum atomic E-state index is -0.261. The Labute approximate surface area is 102 Å². The van der Waals surface area contributed by atoms with Crippen LogP contribution in [0.5, 0.6) is 0 Å². The van der Waals surface area contributed by atoms with Gasteiger partial charge in [-0.3, -0.25) is 4.79 Å². The van der Waals surface area contributed by atoms with Gasteiger partial charge < -0.3 is 15.1 Å². The van der Waals surface area contributed by atoms with Crippen molar-refractivity contribution in [2.24, 2.45) is 0 Å². The monoisotopic (exact) mass is 288 g/mol. The Morgan fingerprint density at radius 3 is 2.50 bits per heavy atom. The zero-order valence-electron chi connectivity index (χ0n) is 8.64. The van der Waals surface area contributed by atoms with E-state index in [0.29, 0.717) is 10.2 Å². The van der Waals surface area contributed by atoms with Gasteiger partial charge in [-0.25, -0.2) is 4.98 Å². The molecule has 0 bridgehead atoms. The second kappa shape index (κ2) is 6.57. The van der Waals surface area contributed by atoms with Gasteiger partial charge in [0.1, 0.15) is 4.60 Å². The number of aliphatic hydroxyl groups excluding tert-OH is 2. The molecule has 1 amide bonds. The van der Waals surface area contributed by atoms with Crippen molar-refractivity contribution >= 4 is 21.8 Å². The summed E-state index contributed by atoms with van der Waals surface area (Å²) < 4.78 is 0.459. The molecule has 6 heteroatoms. The van der Waals surface area contributed by atoms with Crippen molar-refractivity contribution in [3.63, 3.8) is 0 Å². The number of hydrogen-bond donors (Lipinski definition) is 2. The van der Waals surface area contributed by atoms with Crippen LogP contribution in [0.2, 0.25) is 0 Å². The van der Waals surface area contributed by atoms with E-state index < -0.39 is 0 Å². The number of carbonyl (C=O) groups is 1. The summed E-state index contributed by atoms with van der Waals surface area (Å²) in [7, 11) is 0. The molecule has 0 radical (unpaired) electrons. The fourth-order valence-electron chi connectivity index (χ4n) is 1.27. The van der Waals surface area contributed by atoms with Crippen LogP contribution in [0.25, 0.3) is 0 Å². The number of aliphatic hydroxyl groups is 2. The molecule has 0 saturated carbocycles. The van der Waals surface area contributed by atoms with Gasteiger partial charge in [0.2, 0.25) is 0 Å². The van der Waals surface area contributed by atoms with Gasteiger partial charge in [-0.15, -0.1) is 0 Å². The maximum Gasteiger partial charge on any atom is 0.256 e. The highest BCUT2D eigenvalue weighted by atomic mass is 79.9. The second-order valence-electron chi connectivity index (χ2n) is 3.08. The summed E-state index contributed by atoms with van der Waals surface area (Å²) in [6, 6.07) is 3.30. The normalized spacial score (nSPS) is 10.2. The molecule has 0 spiro atoms. The smallest absolute Gasteiger partial charge is 0.256 e. The highest BCUT2D eigenvalue weighted by Gasteiger charge is 2.17. The fraction of sp³-hybridized carbons (Fsp3) is 0.400. The van der Waals surface area contributed by atoms with E-state index in [0.717, 1.165) is 0 Å². The molecule has 2 N–H and O–H groups in total. The van der Waals surface area contributed by atoms with Crippen LogP contribution < -0.4 is 0 Å². The van der Waals surface area contributed by atoms with Crippen LogP contribution in [0.1, 0.15) is 10.4 Å². The number of aromatic nitrogens is 1. The van der Waals surface area contributed by atoms with Gasteiger partial charge in [-0.2, -0.15) is 0 Å². The zero-order chi connectivity index (χ0) is 12.0. The van der Waals surface area contributed by atoms with E-state index in [2.05, 4.69) is 20.9 Å². The molecule has 88 valence electrons. The van der Waals surface area contributed by atoms with Gasteiger partial charge in [-0.1, -0.05) is 0 Å². The molecular weight excluding hydrogens is 276 g/mol. The van der Waals surface area contributed by atoms with E-state index in [1.165, 1.54) is 4.90 Å². The van der Waals surface area contributed by atoms with Gasteiger partial charge in [0.05, 0.1) is 18.8 Å². The third-order valence-corrected chi connectivity index (χ3v) is 2.65. The lowest BCUT2D eigenvalue weighted by Gasteiger charge is -2.20. The lowest BCUT2D eigenvalue weighted by atomic mass is 10.2. The average molecular weight is 289 g/mol. The van der Waals surface area contributed by atoms with E-state index in [-0.39, 0.29) is 32.2 Å². The summed E-state index contributed by atoms with van der Waals surface area (Å²) in [4.78, 5) is 17.3. The summed E-state index contributed by atoms with van der Waals surface area (Å²) in [5.74, 6) is -0.261. The molecule has 0 atom stereocenters. The number of amides is 1. The Bertz CT molecular complexity index is 354. The summed E-state index contributed by atoms with van der Waals surface area (Å²) in [5.41, 5.74) is 0.421. The summed E-state index contributed by atoms with van der Waals surface area (Å²) in [6.45, 7) is 0.120. The largest absolute Gasteiger partial charge is 0.395 e. The molecule has 0 aliphatic rings. The number of hydrogen-bond acceptors (Lipinski definition) is 4. The number of pyridine rings is 1. The minimum Gasteiger partial charge on any atom is -0.395 e. The molecule has 0 aliphatic carbocycles. The van der Waals surface area contributed by atoms with E-state index in [4.69, 9.17) is 10.2 Å². The number of nitrogens with zero attached hydrogens (tertiary/aromatic N) is 2. The zero-order valence-corrected chi connectivity index (χ0v) is 10.2. The molecule has 0 saturated heterocycles. The Morgan fingerprint density at radius 1 is 1.38 bits per heavy atom. The topological polar surface area (TPSA) is 73.7 Å². The first-order chi connectivity index (χ1) is 7.70. The minimum absolute atomic E-state index is 0.135. The second-order valence-corrected chi connectivity index (χ2v) is 3.83. The SMILES string of the molecule is O=C(c1cccnc1Br)N(CCO)CCO. The number of carbonyl (C=O) groups excluding carboxylic acids is 1. The van der Waals surface area contributed by atoms with E-state index in [1.807, 2.05) is 0 Å². The Morgan fingerprint density at radius 2 is 2.00 bits per heavy atom. The lowest BCUT2D eigenvalue weighted by molar-refractivity contribution is 0.0683. The van der Waals surface area contributed by atoms with Crippen molar-refractivity contribution < 1.29 is 15.0 Å². The van der Waals surface area contributed by atoms with Crippen molar-refractivity contribution in [3.05, 3.63) is 28.5 Å². The van der Waals surface area contributed by atoms with Gasteiger partial charge >= 0.3 is 0 Å². The first-order valence-corrected chi connectivity index (χ1v) is 5.61. The molecule has 5 nitrogen and oxygen atoms in total. The molecular formula is C10H13BrN2O3. The maximum absolute atomic E-state index is 12.0. The predicted molar refractivity (Wildman–Crippen MR) is 62.0 cm³/mol. The predicted octanol–water partition coefficient (Wildman–Crippen LogP) is 0.271. The molecule has 1 aromatic rings. The van der Waals surface area contributed by atoms with Crippen LogP contribution in [-0.4, -0.2) is 52.3 Å². The maximum atomic E-state index is 12.0. The van der Waals surface area contributed by atoms with Gasteiger partial charge in [0.25, 0.3) is 5.91 Å². The Hall–Kier alpha value is -0.980. The van der Waals surface area contributed by atoms with E-state index in [9.17, 15) is 4.79 Å². The van der Waals surface area contributed by atoms with E-state index in [1.54, 1.807) is 18.3 Å². The van der Waals surface area contributed by atoms with Crippen LogP contribution in [0, 0.1) is 0 Å². The number of halogens is 1.